The summed E-state index contributed by atoms with van der Waals surface area (Å²) in [6.07, 6.45) is 2.11. The highest BCUT2D eigenvalue weighted by molar-refractivity contribution is 5.89. The van der Waals surface area contributed by atoms with Gasteiger partial charge in [0.15, 0.2) is 0 Å². The lowest BCUT2D eigenvalue weighted by molar-refractivity contribution is -0.123. The van der Waals surface area contributed by atoms with Gasteiger partial charge in [0.2, 0.25) is 5.91 Å². The van der Waals surface area contributed by atoms with Crippen molar-refractivity contribution in [1.29, 1.82) is 0 Å². The van der Waals surface area contributed by atoms with Crippen LogP contribution in [0.5, 0.6) is 0 Å². The first-order valence-electron chi connectivity index (χ1n) is 7.77. The maximum Gasteiger partial charge on any atom is 0.321 e. The van der Waals surface area contributed by atoms with Gasteiger partial charge in [-0.05, 0) is 30.5 Å². The molecule has 1 atom stereocenters. The number of benzene rings is 1. The number of ether oxygens (including phenoxy) is 1. The molecular weight excluding hydrogens is 296 g/mol. The number of carbonyl (C=O) groups is 2. The standard InChI is InChI=1S/C16H24N4O3/c1-23-11-14(17)15(21)18-10-12-5-4-6-13(9-12)19-16(22)20-7-2-3-8-20/h4-6,9,14H,2-3,7-8,10-11,17H2,1H3,(H,18,21)(H,19,22). The minimum absolute atomic E-state index is 0.0780. The molecule has 1 heterocycles. The number of anilines is 1. The first kappa shape index (κ1) is 17.2. The number of rotatable bonds is 6. The molecule has 0 spiro atoms. The second-order valence-electron chi connectivity index (χ2n) is 5.60. The number of nitrogens with one attached hydrogen (secondary N) is 2. The Morgan fingerprint density at radius 2 is 2.09 bits per heavy atom. The molecule has 23 heavy (non-hydrogen) atoms. The quantitative estimate of drug-likeness (QED) is 0.725. The number of methoxy groups -OCH3 is 1. The SMILES string of the molecule is COCC(N)C(=O)NCc1cccc(NC(=O)N2CCCC2)c1. The molecule has 3 amide bonds. The molecule has 0 radical (unpaired) electrons. The average Bonchev–Trinajstić information content (AvgIpc) is 3.08. The molecule has 1 aromatic rings. The maximum atomic E-state index is 12.1. The molecule has 7 heteroatoms. The fourth-order valence-electron chi connectivity index (χ4n) is 2.46. The van der Waals surface area contributed by atoms with E-state index in [1.165, 1.54) is 7.11 Å². The molecular formula is C16H24N4O3. The van der Waals surface area contributed by atoms with E-state index in [0.717, 1.165) is 37.2 Å². The van der Waals surface area contributed by atoms with E-state index in [1.54, 1.807) is 4.90 Å². The van der Waals surface area contributed by atoms with Gasteiger partial charge in [-0.3, -0.25) is 4.79 Å². The van der Waals surface area contributed by atoms with E-state index in [4.69, 9.17) is 10.5 Å². The molecule has 0 saturated carbocycles. The molecule has 0 aliphatic carbocycles. The molecule has 0 bridgehead atoms. The number of likely N-dealkylation sites (tertiary alicyclic amines) is 1. The van der Waals surface area contributed by atoms with Crippen LogP contribution in [-0.2, 0) is 16.1 Å². The van der Waals surface area contributed by atoms with Gasteiger partial charge in [0.05, 0.1) is 6.61 Å². The Morgan fingerprint density at radius 3 is 2.78 bits per heavy atom. The van der Waals surface area contributed by atoms with E-state index in [2.05, 4.69) is 10.6 Å². The zero-order valence-electron chi connectivity index (χ0n) is 13.4. The van der Waals surface area contributed by atoms with E-state index in [9.17, 15) is 9.59 Å². The van der Waals surface area contributed by atoms with Crippen molar-refractivity contribution in [2.45, 2.75) is 25.4 Å². The van der Waals surface area contributed by atoms with Crippen molar-refractivity contribution in [2.24, 2.45) is 5.73 Å². The van der Waals surface area contributed by atoms with Crippen LogP contribution in [0.3, 0.4) is 0 Å². The van der Waals surface area contributed by atoms with Crippen molar-refractivity contribution in [2.75, 3.05) is 32.1 Å². The zero-order valence-corrected chi connectivity index (χ0v) is 13.4. The second kappa shape index (κ2) is 8.50. The van der Waals surface area contributed by atoms with Crippen molar-refractivity contribution in [3.05, 3.63) is 29.8 Å². The molecule has 126 valence electrons. The van der Waals surface area contributed by atoms with Crippen molar-refractivity contribution in [3.63, 3.8) is 0 Å². The summed E-state index contributed by atoms with van der Waals surface area (Å²) in [7, 11) is 1.50. The van der Waals surface area contributed by atoms with E-state index in [1.807, 2.05) is 24.3 Å². The Bertz CT molecular complexity index is 544. The lowest BCUT2D eigenvalue weighted by Crippen LogP contribution is -2.43. The number of urea groups is 1. The summed E-state index contributed by atoms with van der Waals surface area (Å²) in [5.41, 5.74) is 7.27. The molecule has 1 saturated heterocycles. The lowest BCUT2D eigenvalue weighted by atomic mass is 10.2. The number of nitrogens with two attached hydrogens (primary N) is 1. The van der Waals surface area contributed by atoms with Crippen molar-refractivity contribution >= 4 is 17.6 Å². The number of carbonyl (C=O) groups excluding carboxylic acids is 2. The van der Waals surface area contributed by atoms with E-state index in [0.29, 0.717) is 6.54 Å². The number of nitrogens with zero attached hydrogens (tertiary/aromatic N) is 1. The third-order valence-corrected chi connectivity index (χ3v) is 3.72. The van der Waals surface area contributed by atoms with Gasteiger partial charge >= 0.3 is 6.03 Å². The second-order valence-corrected chi connectivity index (χ2v) is 5.60. The van der Waals surface area contributed by atoms with Crippen LogP contribution in [-0.4, -0.2) is 49.7 Å². The van der Waals surface area contributed by atoms with E-state index >= 15 is 0 Å². The van der Waals surface area contributed by atoms with Crippen LogP contribution in [0.1, 0.15) is 18.4 Å². The van der Waals surface area contributed by atoms with Crippen LogP contribution in [0.4, 0.5) is 10.5 Å². The zero-order chi connectivity index (χ0) is 16.7. The van der Waals surface area contributed by atoms with E-state index in [-0.39, 0.29) is 18.5 Å². The maximum absolute atomic E-state index is 12.1. The van der Waals surface area contributed by atoms with Gasteiger partial charge in [-0.2, -0.15) is 0 Å². The van der Waals surface area contributed by atoms with Crippen molar-refractivity contribution in [3.8, 4) is 0 Å². The summed E-state index contributed by atoms with van der Waals surface area (Å²) in [4.78, 5) is 25.6. The Labute approximate surface area is 136 Å². The Balaban J connectivity index is 1.86. The molecule has 1 unspecified atom stereocenters. The van der Waals surface area contributed by atoms with Gasteiger partial charge in [-0.15, -0.1) is 0 Å². The van der Waals surface area contributed by atoms with E-state index < -0.39 is 6.04 Å². The smallest absolute Gasteiger partial charge is 0.321 e. The topological polar surface area (TPSA) is 96.7 Å². The Morgan fingerprint density at radius 1 is 1.35 bits per heavy atom. The summed E-state index contributed by atoms with van der Waals surface area (Å²) in [5.74, 6) is -0.265. The highest BCUT2D eigenvalue weighted by atomic mass is 16.5. The summed E-state index contributed by atoms with van der Waals surface area (Å²) >= 11 is 0. The van der Waals surface area contributed by atoms with Crippen molar-refractivity contribution < 1.29 is 14.3 Å². The van der Waals surface area contributed by atoms with Crippen LogP contribution in [0.25, 0.3) is 0 Å². The largest absolute Gasteiger partial charge is 0.383 e. The van der Waals surface area contributed by atoms with Crippen LogP contribution < -0.4 is 16.4 Å². The molecule has 1 aromatic carbocycles. The molecule has 1 fully saturated rings. The highest BCUT2D eigenvalue weighted by Crippen LogP contribution is 2.14. The number of amides is 3. The molecule has 1 aliphatic rings. The monoisotopic (exact) mass is 320 g/mol. The molecule has 0 aromatic heterocycles. The fraction of sp³-hybridized carbons (Fsp3) is 0.500. The van der Waals surface area contributed by atoms with Crippen LogP contribution in [0, 0.1) is 0 Å². The van der Waals surface area contributed by atoms with Crippen LogP contribution >= 0.6 is 0 Å². The summed E-state index contributed by atoms with van der Waals surface area (Å²) in [5, 5.41) is 5.64. The minimum atomic E-state index is -0.682. The Kier molecular flexibility index (Phi) is 6.37. The molecule has 1 aliphatic heterocycles. The first-order valence-corrected chi connectivity index (χ1v) is 7.77. The summed E-state index contributed by atoms with van der Waals surface area (Å²) in [6.45, 7) is 2.14. The van der Waals surface area contributed by atoms with Gasteiger partial charge < -0.3 is 26.0 Å². The predicted octanol–water partition coefficient (Wildman–Crippen LogP) is 0.904. The first-order chi connectivity index (χ1) is 11.1. The predicted molar refractivity (Wildman–Crippen MR) is 88.0 cm³/mol. The Hall–Kier alpha value is -2.12. The molecule has 4 N–H and O–H groups in total. The highest BCUT2D eigenvalue weighted by Gasteiger charge is 2.17. The van der Waals surface area contributed by atoms with Crippen LogP contribution in [0.2, 0.25) is 0 Å². The summed E-state index contributed by atoms with van der Waals surface area (Å²) in [6, 6.07) is 6.64. The van der Waals surface area contributed by atoms with Gasteiger partial charge in [-0.1, -0.05) is 12.1 Å². The molecule has 7 nitrogen and oxygen atoms in total. The van der Waals surface area contributed by atoms with Crippen molar-refractivity contribution in [1.82, 2.24) is 10.2 Å². The minimum Gasteiger partial charge on any atom is -0.383 e. The fourth-order valence-corrected chi connectivity index (χ4v) is 2.46. The molecule has 2 rings (SSSR count). The van der Waals surface area contributed by atoms with Gasteiger partial charge in [-0.25, -0.2) is 4.79 Å². The number of hydrogen-bond donors (Lipinski definition) is 3. The third kappa shape index (κ3) is 5.22. The summed E-state index contributed by atoms with van der Waals surface area (Å²) < 4.78 is 4.85. The lowest BCUT2D eigenvalue weighted by Gasteiger charge is -2.16. The average molecular weight is 320 g/mol. The number of hydrogen-bond acceptors (Lipinski definition) is 4. The van der Waals surface area contributed by atoms with Gasteiger partial charge in [0, 0.05) is 32.4 Å². The normalized spacial score (nSPS) is 15.3. The third-order valence-electron chi connectivity index (χ3n) is 3.72. The van der Waals surface area contributed by atoms with Gasteiger partial charge in [0.25, 0.3) is 0 Å². The van der Waals surface area contributed by atoms with Crippen LogP contribution in [0.15, 0.2) is 24.3 Å². The van der Waals surface area contributed by atoms with Gasteiger partial charge in [0.1, 0.15) is 6.04 Å².